The average molecular weight is 344 g/mol. The maximum absolute atomic E-state index is 12.2. The number of ether oxygens (including phenoxy) is 4. The Balaban J connectivity index is 1.83. The van der Waals surface area contributed by atoms with Crippen LogP contribution in [0.4, 0.5) is 0 Å². The molecule has 2 heterocycles. The topological polar surface area (TPSA) is 88.1 Å². The van der Waals surface area contributed by atoms with E-state index in [1.54, 1.807) is 12.1 Å². The van der Waals surface area contributed by atoms with Crippen LogP contribution >= 0.6 is 0 Å². The largest absolute Gasteiger partial charge is 0.493 e. The first-order valence-electron chi connectivity index (χ1n) is 7.63. The standard InChI is InChI=1S/C18H16O7/c1-10-7-13(20)16(18(21)25-10)12(19)4-3-11-8-14(22-2)17-15(9-11)23-5-6-24-17/h3-4,7-9,16H,5-6H2,1-2H3/b4-3+/t16-/m0/s1. The summed E-state index contributed by atoms with van der Waals surface area (Å²) in [5, 5.41) is 0. The van der Waals surface area contributed by atoms with Gasteiger partial charge >= 0.3 is 5.97 Å². The third-order valence-corrected chi connectivity index (χ3v) is 3.70. The smallest absolute Gasteiger partial charge is 0.329 e. The maximum atomic E-state index is 12.2. The molecule has 2 aliphatic heterocycles. The van der Waals surface area contributed by atoms with E-state index in [0.29, 0.717) is 36.0 Å². The van der Waals surface area contributed by atoms with Crippen molar-refractivity contribution in [1.29, 1.82) is 0 Å². The van der Waals surface area contributed by atoms with Gasteiger partial charge in [-0.3, -0.25) is 14.4 Å². The fourth-order valence-corrected chi connectivity index (χ4v) is 2.57. The normalized spacial score (nSPS) is 19.4. The zero-order chi connectivity index (χ0) is 18.0. The number of ketones is 2. The van der Waals surface area contributed by atoms with Crippen LogP contribution < -0.4 is 14.2 Å². The molecule has 0 aliphatic carbocycles. The van der Waals surface area contributed by atoms with Crippen molar-refractivity contribution in [3.8, 4) is 17.2 Å². The second kappa shape index (κ2) is 6.80. The molecule has 7 heteroatoms. The van der Waals surface area contributed by atoms with Crippen molar-refractivity contribution >= 4 is 23.6 Å². The Morgan fingerprint density at radius 1 is 1.24 bits per heavy atom. The molecule has 0 aromatic heterocycles. The lowest BCUT2D eigenvalue weighted by Gasteiger charge is -2.21. The fraction of sp³-hybridized carbons (Fsp3) is 0.278. The van der Waals surface area contributed by atoms with E-state index in [1.807, 2.05) is 0 Å². The zero-order valence-corrected chi connectivity index (χ0v) is 13.7. The lowest BCUT2D eigenvalue weighted by Crippen LogP contribution is -2.34. The predicted octanol–water partition coefficient (Wildman–Crippen LogP) is 1.69. The van der Waals surface area contributed by atoms with Gasteiger partial charge in [-0.1, -0.05) is 6.08 Å². The van der Waals surface area contributed by atoms with E-state index in [0.717, 1.165) is 6.08 Å². The number of methoxy groups -OCH3 is 1. The van der Waals surface area contributed by atoms with E-state index < -0.39 is 23.5 Å². The number of carbonyl (C=O) groups is 3. The van der Waals surface area contributed by atoms with Crippen molar-refractivity contribution in [2.45, 2.75) is 6.92 Å². The van der Waals surface area contributed by atoms with Crippen molar-refractivity contribution in [2.75, 3.05) is 20.3 Å². The van der Waals surface area contributed by atoms with Crippen molar-refractivity contribution in [3.63, 3.8) is 0 Å². The Kier molecular flexibility index (Phi) is 4.56. The van der Waals surface area contributed by atoms with Crippen LogP contribution in [0.5, 0.6) is 17.2 Å². The van der Waals surface area contributed by atoms with Gasteiger partial charge in [-0.15, -0.1) is 0 Å². The minimum Gasteiger partial charge on any atom is -0.493 e. The van der Waals surface area contributed by atoms with Crippen LogP contribution in [0.1, 0.15) is 12.5 Å². The van der Waals surface area contributed by atoms with Crippen molar-refractivity contribution < 1.29 is 33.3 Å². The molecule has 0 saturated carbocycles. The molecule has 1 aromatic rings. The van der Waals surface area contributed by atoms with Gasteiger partial charge in [0.15, 0.2) is 29.0 Å². The second-order valence-electron chi connectivity index (χ2n) is 5.49. The summed E-state index contributed by atoms with van der Waals surface area (Å²) in [6.45, 7) is 2.32. The quantitative estimate of drug-likeness (QED) is 0.466. The van der Waals surface area contributed by atoms with Gasteiger partial charge in [0, 0.05) is 6.08 Å². The van der Waals surface area contributed by atoms with Gasteiger partial charge in [-0.2, -0.15) is 0 Å². The Morgan fingerprint density at radius 3 is 2.72 bits per heavy atom. The number of benzene rings is 1. The number of fused-ring (bicyclic) bond motifs is 1. The molecular formula is C18H16O7. The first-order chi connectivity index (χ1) is 12.0. The highest BCUT2D eigenvalue weighted by Gasteiger charge is 2.36. The molecule has 1 aromatic carbocycles. The number of esters is 1. The first kappa shape index (κ1) is 16.8. The first-order valence-corrected chi connectivity index (χ1v) is 7.63. The summed E-state index contributed by atoms with van der Waals surface area (Å²) in [4.78, 5) is 35.9. The van der Waals surface area contributed by atoms with Crippen molar-refractivity contribution in [1.82, 2.24) is 0 Å². The zero-order valence-electron chi connectivity index (χ0n) is 13.7. The number of rotatable bonds is 4. The fourth-order valence-electron chi connectivity index (χ4n) is 2.57. The monoisotopic (exact) mass is 344 g/mol. The highest BCUT2D eigenvalue weighted by Crippen LogP contribution is 2.40. The third-order valence-electron chi connectivity index (χ3n) is 3.70. The highest BCUT2D eigenvalue weighted by atomic mass is 16.6. The molecule has 0 unspecified atom stereocenters. The molecule has 0 amide bonds. The minimum absolute atomic E-state index is 0.180. The Labute approximate surface area is 143 Å². The number of cyclic esters (lactones) is 1. The Morgan fingerprint density at radius 2 is 2.00 bits per heavy atom. The van der Waals surface area contributed by atoms with E-state index in [2.05, 4.69) is 0 Å². The number of hydrogen-bond donors (Lipinski definition) is 0. The van der Waals surface area contributed by atoms with E-state index in [4.69, 9.17) is 18.9 Å². The maximum Gasteiger partial charge on any atom is 0.329 e. The molecule has 130 valence electrons. The van der Waals surface area contributed by atoms with Crippen LogP contribution in [-0.2, 0) is 19.1 Å². The molecule has 3 rings (SSSR count). The molecule has 0 radical (unpaired) electrons. The molecule has 25 heavy (non-hydrogen) atoms. The molecule has 0 bridgehead atoms. The molecule has 0 saturated heterocycles. The summed E-state index contributed by atoms with van der Waals surface area (Å²) in [5.74, 6) is -1.89. The number of allylic oxidation sites excluding steroid dienone is 3. The van der Waals surface area contributed by atoms with E-state index >= 15 is 0 Å². The molecular weight excluding hydrogens is 328 g/mol. The van der Waals surface area contributed by atoms with Gasteiger partial charge in [-0.05, 0) is 30.7 Å². The highest BCUT2D eigenvalue weighted by molar-refractivity contribution is 6.25. The van der Waals surface area contributed by atoms with Gasteiger partial charge in [0.2, 0.25) is 5.75 Å². The Hall–Kier alpha value is -3.09. The molecule has 2 aliphatic rings. The number of carbonyl (C=O) groups excluding carboxylic acids is 3. The minimum atomic E-state index is -1.46. The van der Waals surface area contributed by atoms with Crippen LogP contribution in [0, 0.1) is 5.92 Å². The summed E-state index contributed by atoms with van der Waals surface area (Å²) < 4.78 is 21.1. The SMILES string of the molecule is COc1cc(/C=C/C(=O)[C@H]2C(=O)C=C(C)OC2=O)cc2c1OCCO2. The van der Waals surface area contributed by atoms with Crippen LogP contribution in [0.15, 0.2) is 30.0 Å². The molecule has 0 N–H and O–H groups in total. The summed E-state index contributed by atoms with van der Waals surface area (Å²) in [6, 6.07) is 3.36. The van der Waals surface area contributed by atoms with E-state index in [9.17, 15) is 14.4 Å². The lowest BCUT2D eigenvalue weighted by molar-refractivity contribution is -0.151. The average Bonchev–Trinajstić information content (AvgIpc) is 2.58. The lowest BCUT2D eigenvalue weighted by atomic mass is 9.96. The van der Waals surface area contributed by atoms with Crippen LogP contribution in [0.3, 0.4) is 0 Å². The predicted molar refractivity (Wildman–Crippen MR) is 86.4 cm³/mol. The Bertz CT molecular complexity index is 787. The second-order valence-corrected chi connectivity index (χ2v) is 5.49. The number of hydrogen-bond acceptors (Lipinski definition) is 7. The van der Waals surface area contributed by atoms with Crippen molar-refractivity contribution in [3.05, 3.63) is 35.6 Å². The molecule has 0 fully saturated rings. The third kappa shape index (κ3) is 3.40. The van der Waals surface area contributed by atoms with Gasteiger partial charge in [0.05, 0.1) is 7.11 Å². The van der Waals surface area contributed by atoms with Crippen LogP contribution in [0.2, 0.25) is 0 Å². The summed E-state index contributed by atoms with van der Waals surface area (Å²) in [7, 11) is 1.50. The summed E-state index contributed by atoms with van der Waals surface area (Å²) in [5.41, 5.74) is 0.609. The molecule has 7 nitrogen and oxygen atoms in total. The molecule has 1 atom stereocenters. The van der Waals surface area contributed by atoms with Gasteiger partial charge in [-0.25, -0.2) is 0 Å². The van der Waals surface area contributed by atoms with Crippen LogP contribution in [-0.4, -0.2) is 37.9 Å². The van der Waals surface area contributed by atoms with Gasteiger partial charge in [0.1, 0.15) is 19.0 Å². The molecule has 0 spiro atoms. The van der Waals surface area contributed by atoms with Gasteiger partial charge < -0.3 is 18.9 Å². The van der Waals surface area contributed by atoms with E-state index in [-0.39, 0.29) is 5.76 Å². The van der Waals surface area contributed by atoms with Crippen molar-refractivity contribution in [2.24, 2.45) is 5.92 Å². The van der Waals surface area contributed by atoms with E-state index in [1.165, 1.54) is 26.2 Å². The van der Waals surface area contributed by atoms with Gasteiger partial charge in [0.25, 0.3) is 0 Å². The summed E-state index contributed by atoms with van der Waals surface area (Å²) in [6.07, 6.45) is 3.79. The van der Waals surface area contributed by atoms with Crippen LogP contribution in [0.25, 0.3) is 6.08 Å². The summed E-state index contributed by atoms with van der Waals surface area (Å²) >= 11 is 0.